The van der Waals surface area contributed by atoms with Gasteiger partial charge in [-0.3, -0.25) is 0 Å². The Bertz CT molecular complexity index is 669. The third kappa shape index (κ3) is 2.60. The van der Waals surface area contributed by atoms with E-state index in [1.807, 2.05) is 18.2 Å². The molecule has 0 aliphatic carbocycles. The molecule has 0 spiro atoms. The topological polar surface area (TPSA) is 9.23 Å². The van der Waals surface area contributed by atoms with Crippen molar-refractivity contribution in [2.24, 2.45) is 0 Å². The smallest absolute Gasteiger partial charge is 0.127 e. The van der Waals surface area contributed by atoms with E-state index in [1.54, 1.807) is 12.1 Å². The quantitative estimate of drug-likeness (QED) is 0.613. The van der Waals surface area contributed by atoms with Crippen LogP contribution in [0.25, 0.3) is 0 Å². The summed E-state index contributed by atoms with van der Waals surface area (Å²) >= 11 is 24.7. The van der Waals surface area contributed by atoms with E-state index < -0.39 is 0 Å². The summed E-state index contributed by atoms with van der Waals surface area (Å²) in [6.07, 6.45) is 0.855. The van der Waals surface area contributed by atoms with Crippen molar-refractivity contribution < 1.29 is 4.74 Å². The SMILES string of the molecule is Clc1cc2c(c(C(Cl)c3ccc(Cl)c(Cl)c3)c1)OCC2. The van der Waals surface area contributed by atoms with E-state index in [1.165, 1.54) is 0 Å². The molecule has 0 aromatic heterocycles. The van der Waals surface area contributed by atoms with Gasteiger partial charge in [-0.05, 0) is 35.4 Å². The number of alkyl halides is 1. The van der Waals surface area contributed by atoms with Gasteiger partial charge in [-0.2, -0.15) is 0 Å². The lowest BCUT2D eigenvalue weighted by molar-refractivity contribution is 0.353. The molecule has 3 rings (SSSR count). The van der Waals surface area contributed by atoms with Gasteiger partial charge in [0.1, 0.15) is 5.75 Å². The van der Waals surface area contributed by atoms with E-state index in [4.69, 9.17) is 51.1 Å². The summed E-state index contributed by atoms with van der Waals surface area (Å²) in [5, 5.41) is 1.27. The number of benzene rings is 2. The Morgan fingerprint density at radius 1 is 1.00 bits per heavy atom. The van der Waals surface area contributed by atoms with Crippen LogP contribution < -0.4 is 4.74 Å². The van der Waals surface area contributed by atoms with Crippen molar-refractivity contribution in [1.29, 1.82) is 0 Å². The molecule has 0 amide bonds. The Morgan fingerprint density at radius 2 is 1.80 bits per heavy atom. The zero-order chi connectivity index (χ0) is 14.3. The number of hydrogen-bond acceptors (Lipinski definition) is 1. The second-order valence-electron chi connectivity index (χ2n) is 4.62. The van der Waals surface area contributed by atoms with Gasteiger partial charge in [0.2, 0.25) is 0 Å². The third-order valence-electron chi connectivity index (χ3n) is 3.29. The Labute approximate surface area is 137 Å². The first-order valence-electron chi connectivity index (χ1n) is 6.10. The van der Waals surface area contributed by atoms with Crippen LogP contribution in [0.1, 0.15) is 22.1 Å². The van der Waals surface area contributed by atoms with E-state index in [9.17, 15) is 0 Å². The van der Waals surface area contributed by atoms with Crippen molar-refractivity contribution in [1.82, 2.24) is 0 Å². The lowest BCUT2D eigenvalue weighted by Crippen LogP contribution is -1.97. The fourth-order valence-corrected chi connectivity index (χ4v) is 3.19. The molecule has 1 aliphatic heterocycles. The number of halogens is 4. The molecule has 1 aliphatic rings. The van der Waals surface area contributed by atoms with E-state index in [0.29, 0.717) is 21.7 Å². The molecule has 0 saturated carbocycles. The molecular formula is C15H10Cl4O. The lowest BCUT2D eigenvalue weighted by Gasteiger charge is -2.15. The molecule has 0 saturated heterocycles. The van der Waals surface area contributed by atoms with Crippen LogP contribution in [-0.4, -0.2) is 6.61 Å². The van der Waals surface area contributed by atoms with Crippen molar-refractivity contribution in [2.75, 3.05) is 6.61 Å². The van der Waals surface area contributed by atoms with E-state index in [-0.39, 0.29) is 5.38 Å². The normalized spacial score (nSPS) is 14.8. The standard InChI is InChI=1S/C15H10Cl4O/c16-10-5-9-3-4-20-15(9)11(7-10)14(19)8-1-2-12(17)13(18)6-8/h1-2,5-7,14H,3-4H2. The van der Waals surface area contributed by atoms with Gasteiger partial charge in [0, 0.05) is 17.0 Å². The molecular weight excluding hydrogens is 338 g/mol. The van der Waals surface area contributed by atoms with Gasteiger partial charge in [-0.25, -0.2) is 0 Å². The zero-order valence-electron chi connectivity index (χ0n) is 10.3. The molecule has 1 nitrogen and oxygen atoms in total. The highest BCUT2D eigenvalue weighted by molar-refractivity contribution is 6.42. The first-order chi connectivity index (χ1) is 9.56. The molecule has 0 bridgehead atoms. The molecule has 5 heteroatoms. The molecule has 1 atom stereocenters. The van der Waals surface area contributed by atoms with Crippen molar-refractivity contribution in [2.45, 2.75) is 11.8 Å². The fraction of sp³-hybridized carbons (Fsp3) is 0.200. The van der Waals surface area contributed by atoms with Crippen molar-refractivity contribution in [3.63, 3.8) is 0 Å². The van der Waals surface area contributed by atoms with Crippen LogP contribution >= 0.6 is 46.4 Å². The van der Waals surface area contributed by atoms with Crippen LogP contribution in [-0.2, 0) is 6.42 Å². The minimum Gasteiger partial charge on any atom is -0.493 e. The number of fused-ring (bicyclic) bond motifs is 1. The van der Waals surface area contributed by atoms with Crippen molar-refractivity contribution in [3.8, 4) is 5.75 Å². The zero-order valence-corrected chi connectivity index (χ0v) is 13.3. The van der Waals surface area contributed by atoms with E-state index in [2.05, 4.69) is 0 Å². The Kier molecular flexibility index (Phi) is 4.05. The van der Waals surface area contributed by atoms with Gasteiger partial charge in [0.15, 0.2) is 0 Å². The number of ether oxygens (including phenoxy) is 1. The van der Waals surface area contributed by atoms with Gasteiger partial charge >= 0.3 is 0 Å². The molecule has 104 valence electrons. The predicted octanol–water partition coefficient (Wildman–Crippen LogP) is 5.91. The first kappa shape index (κ1) is 14.3. The molecule has 1 unspecified atom stereocenters. The summed E-state index contributed by atoms with van der Waals surface area (Å²) < 4.78 is 5.68. The average Bonchev–Trinajstić information content (AvgIpc) is 2.88. The van der Waals surface area contributed by atoms with Crippen LogP contribution in [0.2, 0.25) is 15.1 Å². The highest BCUT2D eigenvalue weighted by Crippen LogP contribution is 2.42. The van der Waals surface area contributed by atoms with Crippen molar-refractivity contribution in [3.05, 3.63) is 62.1 Å². The monoisotopic (exact) mass is 346 g/mol. The molecule has 20 heavy (non-hydrogen) atoms. The summed E-state index contributed by atoms with van der Waals surface area (Å²) in [4.78, 5) is 0. The first-order valence-corrected chi connectivity index (χ1v) is 7.67. The van der Waals surface area contributed by atoms with Gasteiger partial charge in [0.05, 0.1) is 22.0 Å². The van der Waals surface area contributed by atoms with Gasteiger partial charge in [0.25, 0.3) is 0 Å². The Hall–Kier alpha value is -0.600. The molecule has 2 aromatic carbocycles. The maximum absolute atomic E-state index is 6.57. The largest absolute Gasteiger partial charge is 0.493 e. The number of hydrogen-bond donors (Lipinski definition) is 0. The van der Waals surface area contributed by atoms with Gasteiger partial charge in [-0.1, -0.05) is 40.9 Å². The van der Waals surface area contributed by atoms with Crippen LogP contribution in [0, 0.1) is 0 Å². The fourth-order valence-electron chi connectivity index (χ4n) is 2.34. The molecule has 1 heterocycles. The Balaban J connectivity index is 2.06. The molecule has 2 aromatic rings. The third-order valence-corrected chi connectivity index (χ3v) is 4.73. The average molecular weight is 348 g/mol. The lowest BCUT2D eigenvalue weighted by atomic mass is 10.0. The maximum Gasteiger partial charge on any atom is 0.127 e. The molecule has 0 radical (unpaired) electrons. The summed E-state index contributed by atoms with van der Waals surface area (Å²) in [7, 11) is 0. The minimum atomic E-state index is -0.379. The molecule has 0 N–H and O–H groups in total. The van der Waals surface area contributed by atoms with Crippen molar-refractivity contribution >= 4 is 46.4 Å². The second-order valence-corrected chi connectivity index (χ2v) is 6.31. The van der Waals surface area contributed by atoms with Crippen LogP contribution in [0.3, 0.4) is 0 Å². The Morgan fingerprint density at radius 3 is 2.55 bits per heavy atom. The predicted molar refractivity (Wildman–Crippen MR) is 84.8 cm³/mol. The van der Waals surface area contributed by atoms with Crippen LogP contribution in [0.4, 0.5) is 0 Å². The highest BCUT2D eigenvalue weighted by atomic mass is 35.5. The summed E-state index contributed by atoms with van der Waals surface area (Å²) in [5.74, 6) is 0.834. The van der Waals surface area contributed by atoms with Gasteiger partial charge in [-0.15, -0.1) is 11.6 Å². The van der Waals surface area contributed by atoms with Crippen LogP contribution in [0.15, 0.2) is 30.3 Å². The summed E-state index contributed by atoms with van der Waals surface area (Å²) in [5.41, 5.74) is 2.82. The molecule has 0 fully saturated rings. The number of rotatable bonds is 2. The summed E-state index contributed by atoms with van der Waals surface area (Å²) in [6.45, 7) is 0.660. The van der Waals surface area contributed by atoms with E-state index >= 15 is 0 Å². The second kappa shape index (κ2) is 5.65. The maximum atomic E-state index is 6.57. The summed E-state index contributed by atoms with van der Waals surface area (Å²) in [6, 6.07) is 9.12. The van der Waals surface area contributed by atoms with E-state index in [0.717, 1.165) is 28.9 Å². The highest BCUT2D eigenvalue weighted by Gasteiger charge is 2.23. The van der Waals surface area contributed by atoms with Gasteiger partial charge < -0.3 is 4.74 Å². The van der Waals surface area contributed by atoms with Crippen LogP contribution in [0.5, 0.6) is 5.75 Å². The minimum absolute atomic E-state index is 0.379.